The molecular weight excluding hydrogens is 332 g/mol. The van der Waals surface area contributed by atoms with Crippen LogP contribution in [0.5, 0.6) is 0 Å². The van der Waals surface area contributed by atoms with Gasteiger partial charge in [0.25, 0.3) is 5.91 Å². The van der Waals surface area contributed by atoms with E-state index in [4.69, 9.17) is 4.74 Å². The van der Waals surface area contributed by atoms with Gasteiger partial charge in [-0.15, -0.1) is 0 Å². The zero-order valence-corrected chi connectivity index (χ0v) is 15.3. The van der Waals surface area contributed by atoms with Crippen molar-refractivity contribution in [3.05, 3.63) is 52.6 Å². The molecular formula is C19H22N4O3. The maximum absolute atomic E-state index is 12.7. The van der Waals surface area contributed by atoms with E-state index in [0.717, 1.165) is 11.0 Å². The van der Waals surface area contributed by atoms with Gasteiger partial charge in [-0.25, -0.2) is 9.78 Å². The lowest BCUT2D eigenvalue weighted by atomic mass is 10.1. The number of hydrogen-bond acceptors (Lipinski definition) is 4. The first-order valence-corrected chi connectivity index (χ1v) is 8.54. The van der Waals surface area contributed by atoms with E-state index in [1.54, 1.807) is 20.8 Å². The topological polar surface area (TPSA) is 99.9 Å². The Morgan fingerprint density at radius 3 is 2.65 bits per heavy atom. The maximum atomic E-state index is 12.7. The summed E-state index contributed by atoms with van der Waals surface area (Å²) in [4.78, 5) is 35.5. The van der Waals surface area contributed by atoms with Gasteiger partial charge in [0.05, 0.1) is 29.2 Å². The van der Waals surface area contributed by atoms with Crippen molar-refractivity contribution in [3.8, 4) is 0 Å². The summed E-state index contributed by atoms with van der Waals surface area (Å²) in [5, 5.41) is 2.91. The molecule has 0 fully saturated rings. The molecule has 0 aliphatic heterocycles. The predicted molar refractivity (Wildman–Crippen MR) is 98.2 cm³/mol. The van der Waals surface area contributed by atoms with E-state index in [1.165, 1.54) is 0 Å². The average Bonchev–Trinajstić information content (AvgIpc) is 3.16. The van der Waals surface area contributed by atoms with Crippen LogP contribution < -0.4 is 5.32 Å². The highest BCUT2D eigenvalue weighted by Gasteiger charge is 2.24. The highest BCUT2D eigenvalue weighted by atomic mass is 16.5. The number of nitrogens with one attached hydrogen (secondary N) is 3. The fraction of sp³-hybridized carbons (Fsp3) is 0.316. The van der Waals surface area contributed by atoms with E-state index in [9.17, 15) is 9.59 Å². The van der Waals surface area contributed by atoms with Crippen LogP contribution in [0.15, 0.2) is 24.3 Å². The fourth-order valence-electron chi connectivity index (χ4n) is 3.00. The SMILES string of the molecule is CCOC(=O)c1c(C)[nH]c(C(=O)NC(C)c2nc3ccccc3[nH]2)c1C. The summed E-state index contributed by atoms with van der Waals surface area (Å²) >= 11 is 0. The van der Waals surface area contributed by atoms with Crippen molar-refractivity contribution in [2.75, 3.05) is 6.61 Å². The first kappa shape index (κ1) is 17.7. The number of hydrogen-bond donors (Lipinski definition) is 3. The van der Waals surface area contributed by atoms with Gasteiger partial charge in [0.2, 0.25) is 0 Å². The highest BCUT2D eigenvalue weighted by molar-refractivity contribution is 6.00. The molecule has 1 amide bonds. The molecule has 0 radical (unpaired) electrons. The van der Waals surface area contributed by atoms with Gasteiger partial charge in [-0.05, 0) is 45.4 Å². The van der Waals surface area contributed by atoms with E-state index in [2.05, 4.69) is 20.3 Å². The number of aryl methyl sites for hydroxylation is 1. The number of esters is 1. The Morgan fingerprint density at radius 2 is 1.96 bits per heavy atom. The molecule has 7 nitrogen and oxygen atoms in total. The minimum atomic E-state index is -0.428. The smallest absolute Gasteiger partial charge is 0.340 e. The average molecular weight is 354 g/mol. The van der Waals surface area contributed by atoms with E-state index in [0.29, 0.717) is 28.3 Å². The molecule has 136 valence electrons. The molecule has 1 aromatic carbocycles. The maximum Gasteiger partial charge on any atom is 0.340 e. The Morgan fingerprint density at radius 1 is 1.23 bits per heavy atom. The van der Waals surface area contributed by atoms with Crippen molar-refractivity contribution in [2.24, 2.45) is 0 Å². The lowest BCUT2D eigenvalue weighted by molar-refractivity contribution is 0.0525. The number of amides is 1. The summed E-state index contributed by atoms with van der Waals surface area (Å²) < 4.78 is 5.06. The number of rotatable bonds is 5. The molecule has 0 bridgehead atoms. The number of nitrogens with zero attached hydrogens (tertiary/aromatic N) is 1. The molecule has 0 saturated heterocycles. The summed E-state index contributed by atoms with van der Waals surface area (Å²) in [6, 6.07) is 7.37. The molecule has 0 aliphatic carbocycles. The number of carbonyl (C=O) groups excluding carboxylic acids is 2. The van der Waals surface area contributed by atoms with Crippen LogP contribution in [-0.2, 0) is 4.74 Å². The van der Waals surface area contributed by atoms with E-state index >= 15 is 0 Å². The Bertz CT molecular complexity index is 937. The molecule has 3 aromatic rings. The largest absolute Gasteiger partial charge is 0.462 e. The second-order valence-electron chi connectivity index (χ2n) is 6.18. The first-order chi connectivity index (χ1) is 12.4. The van der Waals surface area contributed by atoms with Crippen molar-refractivity contribution in [1.29, 1.82) is 0 Å². The number of aromatic nitrogens is 3. The molecule has 7 heteroatoms. The molecule has 0 aliphatic rings. The van der Waals surface area contributed by atoms with Crippen LogP contribution in [0.1, 0.15) is 57.8 Å². The third-order valence-corrected chi connectivity index (χ3v) is 4.31. The van der Waals surface area contributed by atoms with Crippen molar-refractivity contribution in [2.45, 2.75) is 33.7 Å². The van der Waals surface area contributed by atoms with Crippen LogP contribution >= 0.6 is 0 Å². The third kappa shape index (κ3) is 3.20. The summed E-state index contributed by atoms with van der Waals surface area (Å²) in [6.45, 7) is 7.37. The van der Waals surface area contributed by atoms with Crippen molar-refractivity contribution in [3.63, 3.8) is 0 Å². The van der Waals surface area contributed by atoms with Crippen LogP contribution in [0.25, 0.3) is 11.0 Å². The summed E-state index contributed by atoms with van der Waals surface area (Å²) in [5.41, 5.74) is 3.72. The van der Waals surface area contributed by atoms with Crippen LogP contribution in [0.2, 0.25) is 0 Å². The fourth-order valence-corrected chi connectivity index (χ4v) is 3.00. The Labute approximate surface area is 151 Å². The van der Waals surface area contributed by atoms with Gasteiger partial charge in [-0.1, -0.05) is 12.1 Å². The number of aromatic amines is 2. The second-order valence-corrected chi connectivity index (χ2v) is 6.18. The highest BCUT2D eigenvalue weighted by Crippen LogP contribution is 2.21. The molecule has 0 spiro atoms. The van der Waals surface area contributed by atoms with Crippen LogP contribution in [-0.4, -0.2) is 33.4 Å². The number of para-hydroxylation sites is 2. The van der Waals surface area contributed by atoms with Crippen LogP contribution in [0, 0.1) is 13.8 Å². The zero-order valence-electron chi connectivity index (χ0n) is 15.3. The van der Waals surface area contributed by atoms with Crippen LogP contribution in [0.4, 0.5) is 0 Å². The number of imidazole rings is 1. The van der Waals surface area contributed by atoms with E-state index in [1.807, 2.05) is 31.2 Å². The molecule has 26 heavy (non-hydrogen) atoms. The monoisotopic (exact) mass is 354 g/mol. The summed E-state index contributed by atoms with van der Waals surface area (Å²) in [6.07, 6.45) is 0. The molecule has 1 unspecified atom stereocenters. The Kier molecular flexibility index (Phi) is 4.79. The Hall–Kier alpha value is -3.09. The molecule has 1 atom stereocenters. The van der Waals surface area contributed by atoms with Crippen molar-refractivity contribution < 1.29 is 14.3 Å². The second kappa shape index (κ2) is 7.03. The minimum absolute atomic E-state index is 0.285. The van der Waals surface area contributed by atoms with E-state index in [-0.39, 0.29) is 18.6 Å². The third-order valence-electron chi connectivity index (χ3n) is 4.31. The first-order valence-electron chi connectivity index (χ1n) is 8.54. The lowest BCUT2D eigenvalue weighted by Crippen LogP contribution is -2.28. The van der Waals surface area contributed by atoms with Crippen molar-refractivity contribution >= 4 is 22.9 Å². The van der Waals surface area contributed by atoms with Gasteiger partial charge in [-0.3, -0.25) is 4.79 Å². The predicted octanol–water partition coefficient (Wildman–Crippen LogP) is 3.18. The van der Waals surface area contributed by atoms with Gasteiger partial charge in [0.1, 0.15) is 11.5 Å². The molecule has 0 saturated carbocycles. The zero-order chi connectivity index (χ0) is 18.8. The quantitative estimate of drug-likeness (QED) is 0.613. The number of benzene rings is 1. The number of H-pyrrole nitrogens is 2. The van der Waals surface area contributed by atoms with Gasteiger partial charge >= 0.3 is 5.97 Å². The summed E-state index contributed by atoms with van der Waals surface area (Å²) in [5.74, 6) is -0.0525. The van der Waals surface area contributed by atoms with Gasteiger partial charge in [0, 0.05) is 5.69 Å². The number of fused-ring (bicyclic) bond motifs is 1. The molecule has 3 rings (SSSR count). The normalized spacial score (nSPS) is 12.2. The number of carbonyl (C=O) groups is 2. The van der Waals surface area contributed by atoms with Gasteiger partial charge in [-0.2, -0.15) is 0 Å². The van der Waals surface area contributed by atoms with Gasteiger partial charge in [0.15, 0.2) is 0 Å². The van der Waals surface area contributed by atoms with Gasteiger partial charge < -0.3 is 20.0 Å². The standard InChI is InChI=1S/C19H22N4O3/c1-5-26-19(25)15-10(2)16(20-11(15)3)18(24)21-12(4)17-22-13-8-6-7-9-14(13)23-17/h6-9,12,20H,5H2,1-4H3,(H,21,24)(H,22,23). The Balaban J connectivity index is 1.81. The van der Waals surface area contributed by atoms with Crippen LogP contribution in [0.3, 0.4) is 0 Å². The summed E-state index contributed by atoms with van der Waals surface area (Å²) in [7, 11) is 0. The van der Waals surface area contributed by atoms with E-state index < -0.39 is 5.97 Å². The minimum Gasteiger partial charge on any atom is -0.462 e. The lowest BCUT2D eigenvalue weighted by Gasteiger charge is -2.11. The molecule has 2 heterocycles. The molecule has 2 aromatic heterocycles. The van der Waals surface area contributed by atoms with Crippen molar-refractivity contribution in [1.82, 2.24) is 20.3 Å². The molecule has 3 N–H and O–H groups in total. The number of ether oxygens (including phenoxy) is 1.